The molecule has 0 aliphatic heterocycles. The maximum atomic E-state index is 5.51. The smallest absolute Gasteiger partial charge is 0.0447 e. The Hall–Kier alpha value is -0.370. The van der Waals surface area contributed by atoms with Gasteiger partial charge in [-0.2, -0.15) is 12.6 Å². The van der Waals surface area contributed by atoms with Crippen LogP contribution in [0.1, 0.15) is 6.42 Å². The Morgan fingerprint density at radius 1 is 1.75 bits per heavy atom. The zero-order valence-electron chi connectivity index (χ0n) is 4.54. The highest BCUT2D eigenvalue weighted by molar-refractivity contribution is 7.81. The average Bonchev–Trinajstić information content (AvgIpc) is 1.77. The molecule has 0 saturated heterocycles. The van der Waals surface area contributed by atoms with Crippen molar-refractivity contribution in [3.05, 3.63) is 23.9 Å². The van der Waals surface area contributed by atoms with E-state index >= 15 is 0 Å². The normalized spacial score (nSPS) is 27.6. The average molecular weight is 127 g/mol. The molecule has 1 aliphatic carbocycles. The molecule has 0 aromatic rings. The number of nitrogens with two attached hydrogens (primary N) is 1. The molecule has 0 amide bonds. The lowest BCUT2D eigenvalue weighted by Gasteiger charge is -2.10. The molecule has 0 spiro atoms. The van der Waals surface area contributed by atoms with Crippen LogP contribution in [-0.4, -0.2) is 5.25 Å². The molecule has 0 heterocycles. The monoisotopic (exact) mass is 127 g/mol. The van der Waals surface area contributed by atoms with Crippen molar-refractivity contribution in [2.45, 2.75) is 11.7 Å². The minimum absolute atomic E-state index is 0.250. The summed E-state index contributed by atoms with van der Waals surface area (Å²) < 4.78 is 0. The van der Waals surface area contributed by atoms with E-state index in [9.17, 15) is 0 Å². The fourth-order valence-corrected chi connectivity index (χ4v) is 0.842. The molecular formula is C6H9NS. The maximum absolute atomic E-state index is 5.51. The first kappa shape index (κ1) is 5.76. The zero-order valence-corrected chi connectivity index (χ0v) is 5.44. The molecule has 2 heteroatoms. The zero-order chi connectivity index (χ0) is 5.98. The van der Waals surface area contributed by atoms with Gasteiger partial charge in [-0.05, 0) is 12.5 Å². The van der Waals surface area contributed by atoms with Gasteiger partial charge in [0.2, 0.25) is 0 Å². The maximum Gasteiger partial charge on any atom is 0.0447 e. The van der Waals surface area contributed by atoms with E-state index in [0.29, 0.717) is 0 Å². The molecule has 0 radical (unpaired) electrons. The van der Waals surface area contributed by atoms with E-state index in [1.54, 1.807) is 0 Å². The number of rotatable bonds is 0. The Morgan fingerprint density at radius 2 is 2.50 bits per heavy atom. The van der Waals surface area contributed by atoms with Crippen LogP contribution in [-0.2, 0) is 0 Å². The fraction of sp³-hybridized carbons (Fsp3) is 0.333. The number of thiol groups is 1. The van der Waals surface area contributed by atoms with Crippen LogP contribution in [0.3, 0.4) is 0 Å². The quantitative estimate of drug-likeness (QED) is 0.468. The van der Waals surface area contributed by atoms with Gasteiger partial charge in [-0.3, -0.25) is 0 Å². The van der Waals surface area contributed by atoms with Crippen molar-refractivity contribution in [3.8, 4) is 0 Å². The van der Waals surface area contributed by atoms with Crippen molar-refractivity contribution in [3.63, 3.8) is 0 Å². The van der Waals surface area contributed by atoms with Crippen LogP contribution in [0.15, 0.2) is 23.9 Å². The SMILES string of the molecule is NC1=CC=CCC1S. The van der Waals surface area contributed by atoms with Gasteiger partial charge in [-0.1, -0.05) is 12.2 Å². The standard InChI is InChI=1S/C6H9NS/c7-5-3-1-2-4-6(5)8/h1-3,6,8H,4,7H2. The van der Waals surface area contributed by atoms with Crippen LogP contribution >= 0.6 is 12.6 Å². The largest absolute Gasteiger partial charge is 0.401 e. The molecule has 0 fully saturated rings. The van der Waals surface area contributed by atoms with E-state index in [4.69, 9.17) is 5.73 Å². The molecule has 0 saturated carbocycles. The molecule has 1 rings (SSSR count). The van der Waals surface area contributed by atoms with Gasteiger partial charge in [0.05, 0.1) is 0 Å². The van der Waals surface area contributed by atoms with Crippen LogP contribution in [0.25, 0.3) is 0 Å². The molecule has 0 bridgehead atoms. The predicted octanol–water partition coefficient (Wildman–Crippen LogP) is 1.09. The second-order valence-electron chi connectivity index (χ2n) is 1.85. The van der Waals surface area contributed by atoms with Crippen LogP contribution in [0, 0.1) is 0 Å². The minimum Gasteiger partial charge on any atom is -0.401 e. The molecule has 8 heavy (non-hydrogen) atoms. The van der Waals surface area contributed by atoms with Gasteiger partial charge < -0.3 is 5.73 Å². The van der Waals surface area contributed by atoms with Gasteiger partial charge in [-0.15, -0.1) is 0 Å². The number of hydrogen-bond acceptors (Lipinski definition) is 2. The van der Waals surface area contributed by atoms with Crippen molar-refractivity contribution in [1.82, 2.24) is 0 Å². The third kappa shape index (κ3) is 1.07. The number of allylic oxidation sites excluding steroid dienone is 3. The lowest BCUT2D eigenvalue weighted by Crippen LogP contribution is -2.12. The molecule has 2 N–H and O–H groups in total. The van der Waals surface area contributed by atoms with Crippen LogP contribution in [0.5, 0.6) is 0 Å². The summed E-state index contributed by atoms with van der Waals surface area (Å²) in [5.41, 5.74) is 6.38. The molecule has 1 unspecified atom stereocenters. The highest BCUT2D eigenvalue weighted by Crippen LogP contribution is 2.12. The summed E-state index contributed by atoms with van der Waals surface area (Å²) in [5, 5.41) is 0.250. The van der Waals surface area contributed by atoms with Crippen molar-refractivity contribution in [2.75, 3.05) is 0 Å². The topological polar surface area (TPSA) is 26.0 Å². The Morgan fingerprint density at radius 3 is 2.88 bits per heavy atom. The van der Waals surface area contributed by atoms with Crippen LogP contribution in [0.4, 0.5) is 0 Å². The van der Waals surface area contributed by atoms with E-state index < -0.39 is 0 Å². The van der Waals surface area contributed by atoms with Gasteiger partial charge in [0.15, 0.2) is 0 Å². The van der Waals surface area contributed by atoms with E-state index in [-0.39, 0.29) is 5.25 Å². The minimum atomic E-state index is 0.250. The molecule has 44 valence electrons. The van der Waals surface area contributed by atoms with E-state index in [0.717, 1.165) is 12.1 Å². The highest BCUT2D eigenvalue weighted by Gasteiger charge is 2.04. The predicted molar refractivity (Wildman–Crippen MR) is 38.8 cm³/mol. The molecular weight excluding hydrogens is 118 g/mol. The summed E-state index contributed by atoms with van der Waals surface area (Å²) in [6, 6.07) is 0. The van der Waals surface area contributed by atoms with Gasteiger partial charge in [-0.25, -0.2) is 0 Å². The molecule has 1 aliphatic rings. The Balaban J connectivity index is 2.66. The molecule has 1 atom stereocenters. The summed E-state index contributed by atoms with van der Waals surface area (Å²) in [7, 11) is 0. The third-order valence-electron chi connectivity index (χ3n) is 1.17. The highest BCUT2D eigenvalue weighted by atomic mass is 32.1. The van der Waals surface area contributed by atoms with E-state index in [1.807, 2.05) is 12.2 Å². The lowest BCUT2D eigenvalue weighted by atomic mass is 10.1. The molecule has 0 aromatic heterocycles. The van der Waals surface area contributed by atoms with E-state index in [2.05, 4.69) is 18.7 Å². The van der Waals surface area contributed by atoms with Gasteiger partial charge in [0, 0.05) is 10.9 Å². The molecule has 1 nitrogen and oxygen atoms in total. The summed E-state index contributed by atoms with van der Waals surface area (Å²) in [4.78, 5) is 0. The lowest BCUT2D eigenvalue weighted by molar-refractivity contribution is 0.971. The summed E-state index contributed by atoms with van der Waals surface area (Å²) >= 11 is 4.21. The van der Waals surface area contributed by atoms with Crippen LogP contribution < -0.4 is 5.73 Å². The van der Waals surface area contributed by atoms with Crippen molar-refractivity contribution >= 4 is 12.6 Å². The Labute approximate surface area is 54.7 Å². The molecule has 0 aromatic carbocycles. The Bertz CT molecular complexity index is 137. The number of hydrogen-bond donors (Lipinski definition) is 2. The van der Waals surface area contributed by atoms with Crippen LogP contribution in [0.2, 0.25) is 0 Å². The van der Waals surface area contributed by atoms with Crippen molar-refractivity contribution in [1.29, 1.82) is 0 Å². The first-order chi connectivity index (χ1) is 3.80. The fourth-order valence-electron chi connectivity index (χ4n) is 0.634. The third-order valence-corrected chi connectivity index (χ3v) is 1.68. The Kier molecular flexibility index (Phi) is 1.63. The second-order valence-corrected chi connectivity index (χ2v) is 2.47. The first-order valence-electron chi connectivity index (χ1n) is 2.61. The first-order valence-corrected chi connectivity index (χ1v) is 3.12. The van der Waals surface area contributed by atoms with Gasteiger partial charge in [0.1, 0.15) is 0 Å². The summed E-state index contributed by atoms with van der Waals surface area (Å²) in [6.45, 7) is 0. The second kappa shape index (κ2) is 2.27. The van der Waals surface area contributed by atoms with Gasteiger partial charge in [0.25, 0.3) is 0 Å². The van der Waals surface area contributed by atoms with Crippen molar-refractivity contribution < 1.29 is 0 Å². The summed E-state index contributed by atoms with van der Waals surface area (Å²) in [6.07, 6.45) is 6.88. The summed E-state index contributed by atoms with van der Waals surface area (Å²) in [5.74, 6) is 0. The van der Waals surface area contributed by atoms with E-state index in [1.165, 1.54) is 0 Å². The van der Waals surface area contributed by atoms with Crippen molar-refractivity contribution in [2.24, 2.45) is 5.73 Å². The van der Waals surface area contributed by atoms with Gasteiger partial charge >= 0.3 is 0 Å².